The molecule has 0 saturated carbocycles. The fraction of sp³-hybridized carbons (Fsp3) is 0.455. The Hall–Kier alpha value is -1.14. The van der Waals surface area contributed by atoms with E-state index in [1.807, 2.05) is 25.9 Å². The average molecular weight is 302 g/mol. The standard InChI is InChI=1S/C11H16BrN3O2/c1-4-9(15(2)3)11(17)14-8-6-13-5-7(12)10(8)16/h5-6,9H,4H2,1-3H3,(H,13,16)(H,14,17). The lowest BCUT2D eigenvalue weighted by atomic mass is 10.2. The van der Waals surface area contributed by atoms with Gasteiger partial charge in [-0.25, -0.2) is 0 Å². The first-order valence-corrected chi connectivity index (χ1v) is 6.10. The number of aromatic nitrogens is 1. The summed E-state index contributed by atoms with van der Waals surface area (Å²) >= 11 is 3.11. The monoisotopic (exact) mass is 301 g/mol. The van der Waals surface area contributed by atoms with Gasteiger partial charge in [0.05, 0.1) is 10.5 Å². The van der Waals surface area contributed by atoms with E-state index in [0.717, 1.165) is 0 Å². The highest BCUT2D eigenvalue weighted by Gasteiger charge is 2.19. The third-order valence-corrected chi connectivity index (χ3v) is 3.06. The molecule has 0 fully saturated rings. The van der Waals surface area contributed by atoms with E-state index in [2.05, 4.69) is 26.2 Å². The van der Waals surface area contributed by atoms with Crippen molar-refractivity contribution >= 4 is 27.5 Å². The number of aromatic amines is 1. The van der Waals surface area contributed by atoms with Crippen molar-refractivity contribution < 1.29 is 4.79 Å². The molecular weight excluding hydrogens is 286 g/mol. The van der Waals surface area contributed by atoms with Crippen molar-refractivity contribution in [1.29, 1.82) is 0 Å². The summed E-state index contributed by atoms with van der Waals surface area (Å²) in [6.07, 6.45) is 3.69. The number of carbonyl (C=O) groups is 1. The first-order valence-electron chi connectivity index (χ1n) is 5.31. The van der Waals surface area contributed by atoms with E-state index in [4.69, 9.17) is 0 Å². The molecule has 0 spiro atoms. The van der Waals surface area contributed by atoms with Crippen LogP contribution in [0.2, 0.25) is 0 Å². The van der Waals surface area contributed by atoms with Crippen LogP contribution in [0.25, 0.3) is 0 Å². The minimum Gasteiger partial charge on any atom is -0.365 e. The minimum absolute atomic E-state index is 0.180. The van der Waals surface area contributed by atoms with Crippen molar-refractivity contribution in [3.8, 4) is 0 Å². The van der Waals surface area contributed by atoms with Gasteiger partial charge in [0.25, 0.3) is 0 Å². The number of likely N-dealkylation sites (N-methyl/N-ethyl adjacent to an activating group) is 1. The van der Waals surface area contributed by atoms with E-state index in [1.165, 1.54) is 12.4 Å². The second-order valence-electron chi connectivity index (χ2n) is 3.92. The normalized spacial score (nSPS) is 12.5. The Labute approximate surface area is 108 Å². The maximum absolute atomic E-state index is 11.9. The molecule has 94 valence electrons. The number of pyridine rings is 1. The van der Waals surface area contributed by atoms with Gasteiger partial charge >= 0.3 is 0 Å². The summed E-state index contributed by atoms with van der Waals surface area (Å²) in [7, 11) is 3.66. The molecule has 0 aliphatic carbocycles. The van der Waals surface area contributed by atoms with E-state index in [9.17, 15) is 9.59 Å². The molecule has 0 aliphatic heterocycles. The highest BCUT2D eigenvalue weighted by molar-refractivity contribution is 9.10. The number of hydrogen-bond donors (Lipinski definition) is 2. The van der Waals surface area contributed by atoms with E-state index in [-0.39, 0.29) is 23.1 Å². The summed E-state index contributed by atoms with van der Waals surface area (Å²) in [5, 5.41) is 2.63. The van der Waals surface area contributed by atoms with Gasteiger partial charge in [0.15, 0.2) is 0 Å². The molecule has 1 amide bonds. The maximum Gasteiger partial charge on any atom is 0.241 e. The van der Waals surface area contributed by atoms with Crippen molar-refractivity contribution in [1.82, 2.24) is 9.88 Å². The predicted octanol–water partition coefficient (Wildman–Crippen LogP) is 1.42. The van der Waals surface area contributed by atoms with Gasteiger partial charge in [-0.2, -0.15) is 0 Å². The molecule has 1 aromatic heterocycles. The zero-order valence-electron chi connectivity index (χ0n) is 10.1. The molecule has 1 atom stereocenters. The van der Waals surface area contributed by atoms with Crippen molar-refractivity contribution in [2.24, 2.45) is 0 Å². The lowest BCUT2D eigenvalue weighted by Gasteiger charge is -2.21. The van der Waals surface area contributed by atoms with Gasteiger partial charge in [0.1, 0.15) is 5.69 Å². The van der Waals surface area contributed by atoms with Crippen LogP contribution in [-0.2, 0) is 4.79 Å². The van der Waals surface area contributed by atoms with Gasteiger partial charge < -0.3 is 10.3 Å². The molecular formula is C11H16BrN3O2. The molecule has 1 aromatic rings. The number of amides is 1. The first-order chi connectivity index (χ1) is 7.97. The summed E-state index contributed by atoms with van der Waals surface area (Å²) in [6.45, 7) is 1.93. The lowest BCUT2D eigenvalue weighted by molar-refractivity contribution is -0.120. The van der Waals surface area contributed by atoms with Crippen LogP contribution in [-0.4, -0.2) is 35.9 Å². The van der Waals surface area contributed by atoms with Gasteiger partial charge in [-0.05, 0) is 36.4 Å². The number of anilines is 1. The molecule has 1 heterocycles. The van der Waals surface area contributed by atoms with Gasteiger partial charge in [-0.3, -0.25) is 14.5 Å². The summed E-state index contributed by atoms with van der Waals surface area (Å²) < 4.78 is 0.396. The summed E-state index contributed by atoms with van der Waals surface area (Å²) in [6, 6.07) is -0.242. The Morgan fingerprint density at radius 3 is 2.71 bits per heavy atom. The Morgan fingerprint density at radius 1 is 1.53 bits per heavy atom. The van der Waals surface area contributed by atoms with E-state index in [1.54, 1.807) is 0 Å². The van der Waals surface area contributed by atoms with Crippen LogP contribution >= 0.6 is 15.9 Å². The van der Waals surface area contributed by atoms with Gasteiger partial charge in [-0.1, -0.05) is 6.92 Å². The highest BCUT2D eigenvalue weighted by atomic mass is 79.9. The Morgan fingerprint density at radius 2 is 2.18 bits per heavy atom. The van der Waals surface area contributed by atoms with E-state index in [0.29, 0.717) is 10.9 Å². The van der Waals surface area contributed by atoms with Gasteiger partial charge in [0, 0.05) is 12.4 Å². The maximum atomic E-state index is 11.9. The van der Waals surface area contributed by atoms with Crippen LogP contribution < -0.4 is 10.7 Å². The minimum atomic E-state index is -0.242. The third kappa shape index (κ3) is 3.41. The van der Waals surface area contributed by atoms with Crippen molar-refractivity contribution in [2.75, 3.05) is 19.4 Å². The molecule has 2 N–H and O–H groups in total. The molecule has 17 heavy (non-hydrogen) atoms. The Balaban J connectivity index is 2.88. The van der Waals surface area contributed by atoms with Crippen LogP contribution in [0, 0.1) is 0 Å². The number of H-pyrrole nitrogens is 1. The molecule has 6 heteroatoms. The average Bonchev–Trinajstić information content (AvgIpc) is 2.25. The smallest absolute Gasteiger partial charge is 0.241 e. The molecule has 1 unspecified atom stereocenters. The Kier molecular flexibility index (Phi) is 4.89. The molecule has 0 saturated heterocycles. The largest absolute Gasteiger partial charge is 0.365 e. The van der Waals surface area contributed by atoms with Gasteiger partial charge in [0.2, 0.25) is 11.3 Å². The number of nitrogens with zero attached hydrogens (tertiary/aromatic N) is 1. The highest BCUT2D eigenvalue weighted by Crippen LogP contribution is 2.08. The molecule has 0 aromatic carbocycles. The number of halogens is 1. The van der Waals surface area contributed by atoms with Crippen LogP contribution in [0.5, 0.6) is 0 Å². The lowest BCUT2D eigenvalue weighted by Crippen LogP contribution is -2.39. The zero-order valence-corrected chi connectivity index (χ0v) is 11.7. The van der Waals surface area contributed by atoms with E-state index < -0.39 is 0 Å². The van der Waals surface area contributed by atoms with Crippen LogP contribution in [0.3, 0.4) is 0 Å². The molecule has 5 nitrogen and oxygen atoms in total. The number of nitrogens with one attached hydrogen (secondary N) is 2. The summed E-state index contributed by atoms with van der Waals surface area (Å²) in [4.78, 5) is 28.2. The molecule has 0 bridgehead atoms. The quantitative estimate of drug-likeness (QED) is 0.884. The zero-order chi connectivity index (χ0) is 13.0. The Bertz CT molecular complexity index is 456. The van der Waals surface area contributed by atoms with Crippen molar-refractivity contribution in [3.63, 3.8) is 0 Å². The topological polar surface area (TPSA) is 65.2 Å². The fourth-order valence-electron chi connectivity index (χ4n) is 1.55. The fourth-order valence-corrected chi connectivity index (χ4v) is 1.90. The van der Waals surface area contributed by atoms with Gasteiger partial charge in [-0.15, -0.1) is 0 Å². The molecule has 0 radical (unpaired) electrons. The van der Waals surface area contributed by atoms with Crippen molar-refractivity contribution in [2.45, 2.75) is 19.4 Å². The number of carbonyl (C=O) groups excluding carboxylic acids is 1. The van der Waals surface area contributed by atoms with Crippen LogP contribution in [0.1, 0.15) is 13.3 Å². The first kappa shape index (κ1) is 13.9. The summed E-state index contributed by atoms with van der Waals surface area (Å²) in [5.41, 5.74) is 0.0235. The number of rotatable bonds is 4. The summed E-state index contributed by atoms with van der Waals surface area (Å²) in [5.74, 6) is -0.180. The van der Waals surface area contributed by atoms with Crippen LogP contribution in [0.4, 0.5) is 5.69 Å². The predicted molar refractivity (Wildman–Crippen MR) is 71.2 cm³/mol. The second kappa shape index (κ2) is 5.97. The molecule has 0 aliphatic rings. The van der Waals surface area contributed by atoms with Crippen LogP contribution in [0.15, 0.2) is 21.7 Å². The second-order valence-corrected chi connectivity index (χ2v) is 4.78. The molecule has 1 rings (SSSR count). The SMILES string of the molecule is CCC(C(=O)Nc1c[nH]cc(Br)c1=O)N(C)C. The third-order valence-electron chi connectivity index (χ3n) is 2.47. The number of hydrogen-bond acceptors (Lipinski definition) is 3. The van der Waals surface area contributed by atoms with E-state index >= 15 is 0 Å². The van der Waals surface area contributed by atoms with Crippen molar-refractivity contribution in [3.05, 3.63) is 27.1 Å².